The van der Waals surface area contributed by atoms with Crippen molar-refractivity contribution in [2.24, 2.45) is 10.9 Å². The highest BCUT2D eigenvalue weighted by molar-refractivity contribution is 7.87. The number of piperidine rings is 7. The molecule has 0 aliphatic carbocycles. The Labute approximate surface area is 811 Å². The molecule has 0 aromatic heterocycles. The van der Waals surface area contributed by atoms with Crippen LogP contribution in [0.15, 0.2) is 0 Å². The SMILES string of the molecule is CC(C)(ONC(=O)[C@@H]1CC[C@@H]2CN1C(=O)N2OS(=O)(=O)O)C(=O)O.CC(C)ONC(=O)[C@@H]1CC[C@@H]2CN1C(=O)N2OS(=O)(=O)O.NC(=O)NCCONC(=O)[C@@H]1CC[C@@H]2CN1C(=O)N2OS(=O)(=O)O.NS(=O)(=O)NCCONC(=O)[C@@H]1CC[C@@H]2CN1C(=O)N2OS(=O)(=O)O.O=C(NOCCOC1CCNCC1)[C@@H]1CC[C@@H]2CN1C(=O)N2OS(=O)(=O)O.O=C(O)CONC(=O)[C@@H]1CC[C@@H]2CN1C(=O)N2OS(=O)(=O)O. The number of fused-ring (bicyclic) bond motifs is 12. The van der Waals surface area contributed by atoms with Crippen molar-refractivity contribution >= 4 is 162 Å². The summed E-state index contributed by atoms with van der Waals surface area (Å²) < 4.78 is 236. The first-order valence-electron chi connectivity index (χ1n) is 42.1. The van der Waals surface area contributed by atoms with Crippen molar-refractivity contribution in [2.45, 2.75) is 208 Å². The van der Waals surface area contributed by atoms with E-state index < -0.39 is 247 Å². The van der Waals surface area contributed by atoms with Gasteiger partial charge in [-0.05, 0) is 131 Å². The van der Waals surface area contributed by atoms with Crippen LogP contribution in [0.25, 0.3) is 0 Å². The third-order valence-electron chi connectivity index (χ3n) is 21.8. The van der Waals surface area contributed by atoms with Gasteiger partial charge in [-0.2, -0.15) is 89.3 Å². The summed E-state index contributed by atoms with van der Waals surface area (Å²) in [6.45, 7) is 7.68. The number of carboxylic acids is 2. The second-order valence-corrected chi connectivity index (χ2v) is 40.1. The van der Waals surface area contributed by atoms with E-state index in [1.54, 1.807) is 13.8 Å². The second-order valence-electron chi connectivity index (χ2n) is 32.7. The number of carbonyl (C=O) groups is 15. The Morgan fingerprint density at radius 1 is 0.378 bits per heavy atom. The maximum Gasteiger partial charge on any atom is 0.418 e. The molecule has 0 saturated carbocycles. The number of urea groups is 7. The highest BCUT2D eigenvalue weighted by atomic mass is 32.3. The van der Waals surface area contributed by atoms with Crippen LogP contribution >= 0.6 is 0 Å². The lowest BCUT2D eigenvalue weighted by Crippen LogP contribution is -2.52. The molecule has 13 aliphatic heterocycles. The van der Waals surface area contributed by atoms with Crippen molar-refractivity contribution in [3.05, 3.63) is 0 Å². The molecule has 13 fully saturated rings. The van der Waals surface area contributed by atoms with Gasteiger partial charge in [0.05, 0.1) is 74.9 Å². The van der Waals surface area contributed by atoms with Gasteiger partial charge in [0.25, 0.3) is 45.7 Å². The number of rotatable bonds is 40. The van der Waals surface area contributed by atoms with Crippen LogP contribution in [0.1, 0.15) is 118 Å². The molecule has 21 N–H and O–H groups in total. The normalized spacial score (nSPS) is 24.7. The fourth-order valence-corrected chi connectivity index (χ4v) is 18.3. The van der Waals surface area contributed by atoms with E-state index >= 15 is 0 Å². The largest absolute Gasteiger partial charge is 0.479 e. The van der Waals surface area contributed by atoms with E-state index in [0.29, 0.717) is 69.1 Å². The number of aliphatic carboxylic acids is 2. The van der Waals surface area contributed by atoms with Crippen LogP contribution in [0.4, 0.5) is 33.6 Å². The molecular weight excluding hydrogens is 2100 g/mol. The molecule has 0 spiro atoms. The summed E-state index contributed by atoms with van der Waals surface area (Å²) in [5, 5.41) is 30.7. The maximum atomic E-state index is 12.3. The summed E-state index contributed by atoms with van der Waals surface area (Å²) in [7, 11) is -32.9. The van der Waals surface area contributed by atoms with Gasteiger partial charge >= 0.3 is 117 Å². The molecule has 0 aromatic rings. The van der Waals surface area contributed by atoms with E-state index in [-0.39, 0.29) is 129 Å². The molecule has 13 rings (SSSR count). The summed E-state index contributed by atoms with van der Waals surface area (Å²) in [6.07, 6.45) is 5.19. The first kappa shape index (κ1) is 118. The Morgan fingerprint density at radius 2 is 0.636 bits per heavy atom. The van der Waals surface area contributed by atoms with Gasteiger partial charge in [-0.3, -0.25) is 85.1 Å². The number of amides is 20. The number of hydrogen-bond acceptors (Lipinski definition) is 43. The summed E-state index contributed by atoms with van der Waals surface area (Å²) in [4.78, 5) is 212. The van der Waals surface area contributed by atoms with E-state index in [2.05, 4.69) is 63.1 Å². The topological polar surface area (TPSA) is 976 Å². The van der Waals surface area contributed by atoms with Crippen LogP contribution in [-0.2, 0) is 170 Å². The van der Waals surface area contributed by atoms with Gasteiger partial charge in [0.1, 0.15) is 36.3 Å². The van der Waals surface area contributed by atoms with Crippen molar-refractivity contribution in [3.8, 4) is 0 Å². The standard InChI is InChI=1S/C14H24N4O8S.C11H17N3O9S.C10H17N5O8S.C10H17N3O7S.C9H17N5O9S2.C9H13N3O9S/c19-13(16-25-8-7-24-11-3-5-15-6-4-11)12-2-1-10-9-17(12)14(20)18(10)26-27(21,22)23;1-11(2,9(16)17)22-12-8(15)7-4-3-6-5-13(7)10(18)14(6)23-24(19,20)21;11-9(17)12-3-4-22-13-8(16)7-2-1-6-5-14(7)10(18)15(6)23-24(19,20)21;1-6(2)19-11-9(14)8-4-3-7-5-12(8)10(15)13(7)20-21(16,17)18;10-24(17,18)11-3-4-22-12-8(15)7-2-1-6-5-13(7)9(16)14(6)23-25(19,20)21;13-7(14)4-20-10-8(15)6-2-1-5-3-11(6)9(16)12(5)21-22(17,18)19/h10-12,15H,1-9H2,(H,16,19)(H,21,22,23);6-7H,3-5H2,1-2H3,(H,12,15)(H,16,17)(H,19,20,21);6-7H,1-5H2,(H,13,16)(H3,11,12,17)(H,19,20,21);6-8H,3-5H2,1-2H3,(H,11,14)(H,16,17,18);6-7,11H,1-5H2,(H,12,15)(H2,10,17,18)(H,19,20,21);5-6H,1-4H2,(H,10,15)(H,13,14)(H,17,18,19)/t10-,12+;2*6-,7+;7-,8+;6-,7+;5-,6+/m111111/s1. The minimum atomic E-state index is -4.87. The van der Waals surface area contributed by atoms with E-state index in [1.165, 1.54) is 23.6 Å². The number of ether oxygens (including phenoxy) is 1. The Kier molecular flexibility index (Phi) is 41.1. The minimum Gasteiger partial charge on any atom is -0.479 e. The number of nitrogens with two attached hydrogens (primary N) is 2. The summed E-state index contributed by atoms with van der Waals surface area (Å²) in [5.41, 5.74) is 15.9. The number of hydrogen-bond donors (Lipinski definition) is 19. The molecule has 13 heterocycles. The third kappa shape index (κ3) is 35.4. The third-order valence-corrected chi connectivity index (χ3v) is 24.5. The van der Waals surface area contributed by atoms with Gasteiger partial charge in [-0.25, -0.2) is 85.9 Å². The molecular formula is C63H105N23O50S7. The molecule has 73 nitrogen and oxygen atoms in total. The van der Waals surface area contributed by atoms with Gasteiger partial charge in [-0.15, -0.1) is 25.7 Å². The van der Waals surface area contributed by atoms with Crippen LogP contribution < -0.4 is 59.1 Å². The van der Waals surface area contributed by atoms with E-state index in [0.717, 1.165) is 45.5 Å². The van der Waals surface area contributed by atoms with Gasteiger partial charge in [-0.1, -0.05) is 0 Å². The van der Waals surface area contributed by atoms with E-state index in [4.69, 9.17) is 77.3 Å². The lowest BCUT2D eigenvalue weighted by atomic mass is 10.0. The van der Waals surface area contributed by atoms with Crippen molar-refractivity contribution in [3.63, 3.8) is 0 Å². The minimum absolute atomic E-state index is 0.0226. The van der Waals surface area contributed by atoms with Crippen LogP contribution in [0, 0.1) is 0 Å². The first-order chi connectivity index (χ1) is 66.3. The maximum absolute atomic E-state index is 12.3. The van der Waals surface area contributed by atoms with Crippen molar-refractivity contribution in [1.82, 2.24) is 108 Å². The second kappa shape index (κ2) is 50.0. The van der Waals surface area contributed by atoms with Gasteiger partial charge in [0.15, 0.2) is 12.2 Å². The van der Waals surface area contributed by atoms with Gasteiger partial charge in [0.2, 0.25) is 0 Å². The molecule has 143 heavy (non-hydrogen) atoms. The Bertz CT molecular complexity index is 5510. The average molecular weight is 2210 g/mol. The van der Waals surface area contributed by atoms with Crippen LogP contribution in [-0.4, -0.2) is 435 Å². The molecule has 0 unspecified atom stereocenters. The predicted octanol–water partition coefficient (Wildman–Crippen LogP) is -10.2. The van der Waals surface area contributed by atoms with E-state index in [9.17, 15) is 131 Å². The predicted molar refractivity (Wildman–Crippen MR) is 450 cm³/mol. The zero-order chi connectivity index (χ0) is 107. The summed E-state index contributed by atoms with van der Waals surface area (Å²) in [6, 6.07) is -14.6. The number of carbonyl (C=O) groups excluding carboxylic acids is 13. The molecule has 0 aromatic carbocycles. The average Bonchev–Trinajstić information content (AvgIpc) is 1.66. The smallest absolute Gasteiger partial charge is 0.418 e. The fraction of sp³-hybridized carbons (Fsp3) is 0.762. The first-order valence-corrected chi connectivity index (χ1v) is 51.8. The molecule has 814 valence electrons. The lowest BCUT2D eigenvalue weighted by molar-refractivity contribution is -0.176. The zero-order valence-corrected chi connectivity index (χ0v) is 80.9. The lowest BCUT2D eigenvalue weighted by Gasteiger charge is -2.30. The highest BCUT2D eigenvalue weighted by Gasteiger charge is 2.56. The van der Waals surface area contributed by atoms with Gasteiger partial charge < -0.3 is 60.7 Å². The molecule has 13 aliphatic rings. The Balaban J connectivity index is 0.000000210. The van der Waals surface area contributed by atoms with Crippen molar-refractivity contribution in [1.29, 1.82) is 0 Å². The number of hydroxylamine groups is 18. The molecule has 13 saturated heterocycles. The molecule has 12 atom stereocenters. The number of nitrogens with one attached hydrogen (secondary N) is 9. The van der Waals surface area contributed by atoms with Crippen LogP contribution in [0.5, 0.6) is 0 Å². The molecule has 80 heteroatoms. The highest BCUT2D eigenvalue weighted by Crippen LogP contribution is 2.37. The molecule has 12 bridgehead atoms. The van der Waals surface area contributed by atoms with Crippen LogP contribution in [0.3, 0.4) is 0 Å². The van der Waals surface area contributed by atoms with E-state index in [1.807, 2.05) is 15.7 Å². The Morgan fingerprint density at radius 3 is 0.888 bits per heavy atom. The molecule has 20 amide bonds. The number of nitrogens with zero attached hydrogens (tertiary/aromatic N) is 12. The van der Waals surface area contributed by atoms with Crippen molar-refractivity contribution in [2.75, 3.05) is 98.5 Å². The van der Waals surface area contributed by atoms with Crippen LogP contribution in [0.2, 0.25) is 0 Å². The molecule has 0 radical (unpaired) electrons. The quantitative estimate of drug-likeness (QED) is 0.0154. The summed E-state index contributed by atoms with van der Waals surface area (Å²) >= 11 is 0. The van der Waals surface area contributed by atoms with Crippen molar-refractivity contribution < 1.29 is 228 Å². The Hall–Kier alpha value is -10.6. The number of carboxylic acid groups (broad SMARTS) is 2. The zero-order valence-electron chi connectivity index (χ0n) is 75.2. The van der Waals surface area contributed by atoms with Gasteiger partial charge in [0, 0.05) is 52.4 Å². The number of primary amides is 1. The fourth-order valence-electron chi connectivity index (χ4n) is 15.6. The monoisotopic (exact) mass is 2210 g/mol. The summed E-state index contributed by atoms with van der Waals surface area (Å²) in [5.74, 6) is -6.32.